The third-order valence-corrected chi connectivity index (χ3v) is 5.10. The molecule has 0 aliphatic carbocycles. The van der Waals surface area contributed by atoms with Crippen LogP contribution in [0.4, 0.5) is 5.13 Å². The van der Waals surface area contributed by atoms with Gasteiger partial charge in [-0.05, 0) is 43.0 Å². The van der Waals surface area contributed by atoms with Crippen molar-refractivity contribution in [2.75, 3.05) is 11.9 Å². The monoisotopic (exact) mass is 368 g/mol. The number of anilines is 1. The van der Waals surface area contributed by atoms with Crippen LogP contribution in [0.25, 0.3) is 10.2 Å². The average Bonchev–Trinajstić information content (AvgIpc) is 3.04. The van der Waals surface area contributed by atoms with Gasteiger partial charge in [0.15, 0.2) is 5.13 Å². The van der Waals surface area contributed by atoms with Gasteiger partial charge in [0, 0.05) is 6.42 Å². The number of para-hydroxylation sites is 2. The van der Waals surface area contributed by atoms with E-state index in [1.54, 1.807) is 0 Å². The summed E-state index contributed by atoms with van der Waals surface area (Å²) in [6.07, 6.45) is 3.12. The second-order valence-electron chi connectivity index (χ2n) is 6.12. The minimum Gasteiger partial charge on any atom is -0.493 e. The average molecular weight is 369 g/mol. The van der Waals surface area contributed by atoms with Crippen molar-refractivity contribution in [1.82, 2.24) is 4.98 Å². The van der Waals surface area contributed by atoms with Gasteiger partial charge in [-0.25, -0.2) is 4.98 Å². The molecule has 0 spiro atoms. The molecule has 4 nitrogen and oxygen atoms in total. The van der Waals surface area contributed by atoms with Crippen LogP contribution in [-0.2, 0) is 17.6 Å². The van der Waals surface area contributed by atoms with Crippen LogP contribution in [-0.4, -0.2) is 17.5 Å². The van der Waals surface area contributed by atoms with Crippen LogP contribution >= 0.6 is 11.3 Å². The number of aromatic nitrogens is 1. The maximum Gasteiger partial charge on any atom is 0.226 e. The minimum absolute atomic E-state index is 0.0209. The topological polar surface area (TPSA) is 51.2 Å². The predicted molar refractivity (Wildman–Crippen MR) is 108 cm³/mol. The Morgan fingerprint density at radius 2 is 1.85 bits per heavy atom. The molecule has 3 rings (SSSR count). The maximum atomic E-state index is 12.4. The van der Waals surface area contributed by atoms with Gasteiger partial charge in [-0.3, -0.25) is 4.79 Å². The number of nitrogens with one attached hydrogen (secondary N) is 1. The van der Waals surface area contributed by atoms with Gasteiger partial charge in [0.25, 0.3) is 0 Å². The molecule has 1 aromatic heterocycles. The summed E-state index contributed by atoms with van der Waals surface area (Å²) in [5, 5.41) is 3.57. The molecular formula is C21H24N2O2S. The number of amides is 1. The zero-order valence-corrected chi connectivity index (χ0v) is 16.1. The molecule has 0 radical (unpaired) electrons. The van der Waals surface area contributed by atoms with Crippen LogP contribution in [0.5, 0.6) is 5.75 Å². The summed E-state index contributed by atoms with van der Waals surface area (Å²) in [4.78, 5) is 16.8. The van der Waals surface area contributed by atoms with Gasteiger partial charge in [-0.15, -0.1) is 0 Å². The lowest BCUT2D eigenvalue weighted by Gasteiger charge is -2.14. The zero-order valence-electron chi connectivity index (χ0n) is 15.2. The Morgan fingerprint density at radius 1 is 1.08 bits per heavy atom. The SMILES string of the molecule is CCCc1cccc(CCC(=O)Nc2nc3ccccc3s2)c1OCC. The van der Waals surface area contributed by atoms with Gasteiger partial charge in [-0.1, -0.05) is 55.0 Å². The van der Waals surface area contributed by atoms with Crippen molar-refractivity contribution in [3.8, 4) is 5.75 Å². The second-order valence-corrected chi connectivity index (χ2v) is 7.15. The molecule has 0 aliphatic rings. The van der Waals surface area contributed by atoms with Crippen LogP contribution in [0.15, 0.2) is 42.5 Å². The van der Waals surface area contributed by atoms with Crippen molar-refractivity contribution in [2.24, 2.45) is 0 Å². The Balaban J connectivity index is 1.66. The van der Waals surface area contributed by atoms with Gasteiger partial charge >= 0.3 is 0 Å². The number of thiazole rings is 1. The van der Waals surface area contributed by atoms with E-state index in [9.17, 15) is 4.79 Å². The predicted octanol–water partition coefficient (Wildman–Crippen LogP) is 5.22. The highest BCUT2D eigenvalue weighted by Gasteiger charge is 2.12. The van der Waals surface area contributed by atoms with Crippen molar-refractivity contribution in [2.45, 2.75) is 39.5 Å². The Bertz CT molecular complexity index is 856. The van der Waals surface area contributed by atoms with Gasteiger partial charge in [0.05, 0.1) is 16.8 Å². The summed E-state index contributed by atoms with van der Waals surface area (Å²) in [6.45, 7) is 4.78. The molecule has 0 fully saturated rings. The van der Waals surface area contributed by atoms with Gasteiger partial charge in [0.1, 0.15) is 5.75 Å². The molecule has 26 heavy (non-hydrogen) atoms. The number of hydrogen-bond donors (Lipinski definition) is 1. The lowest BCUT2D eigenvalue weighted by Crippen LogP contribution is -2.12. The number of benzene rings is 2. The van der Waals surface area contributed by atoms with Gasteiger partial charge < -0.3 is 10.1 Å². The highest BCUT2D eigenvalue weighted by Crippen LogP contribution is 2.28. The molecule has 3 aromatic rings. The Morgan fingerprint density at radius 3 is 2.58 bits per heavy atom. The molecular weight excluding hydrogens is 344 g/mol. The summed E-state index contributed by atoms with van der Waals surface area (Å²) < 4.78 is 6.95. The summed E-state index contributed by atoms with van der Waals surface area (Å²) in [5.74, 6) is 0.928. The van der Waals surface area contributed by atoms with Crippen molar-refractivity contribution in [3.63, 3.8) is 0 Å². The van der Waals surface area contributed by atoms with Crippen molar-refractivity contribution in [1.29, 1.82) is 0 Å². The van der Waals surface area contributed by atoms with E-state index in [1.807, 2.05) is 37.3 Å². The minimum atomic E-state index is -0.0209. The molecule has 0 aliphatic heterocycles. The first-order valence-electron chi connectivity index (χ1n) is 9.10. The number of hydrogen-bond acceptors (Lipinski definition) is 4. The van der Waals surface area contributed by atoms with Crippen LogP contribution in [0, 0.1) is 0 Å². The number of rotatable bonds is 8. The summed E-state index contributed by atoms with van der Waals surface area (Å²) in [7, 11) is 0. The van der Waals surface area contributed by atoms with Crippen molar-refractivity contribution >= 4 is 32.6 Å². The smallest absolute Gasteiger partial charge is 0.226 e. The number of ether oxygens (including phenoxy) is 1. The van der Waals surface area contributed by atoms with E-state index in [4.69, 9.17) is 4.74 Å². The molecule has 1 heterocycles. The maximum absolute atomic E-state index is 12.4. The second kappa shape index (κ2) is 8.81. The van der Waals surface area contributed by atoms with E-state index >= 15 is 0 Å². The Kier molecular flexibility index (Phi) is 6.23. The Hall–Kier alpha value is -2.40. The Labute approximate surface area is 158 Å². The first-order chi connectivity index (χ1) is 12.7. The molecule has 1 amide bonds. The van der Waals surface area contributed by atoms with Crippen LogP contribution < -0.4 is 10.1 Å². The van der Waals surface area contributed by atoms with Crippen LogP contribution in [0.1, 0.15) is 37.8 Å². The highest BCUT2D eigenvalue weighted by atomic mass is 32.1. The zero-order chi connectivity index (χ0) is 18.4. The fraction of sp³-hybridized carbons (Fsp3) is 0.333. The first-order valence-corrected chi connectivity index (χ1v) is 9.92. The molecule has 1 N–H and O–H groups in total. The number of carbonyl (C=O) groups is 1. The normalized spacial score (nSPS) is 10.8. The lowest BCUT2D eigenvalue weighted by molar-refractivity contribution is -0.116. The van der Waals surface area contributed by atoms with E-state index in [-0.39, 0.29) is 5.91 Å². The highest BCUT2D eigenvalue weighted by molar-refractivity contribution is 7.22. The summed E-state index contributed by atoms with van der Waals surface area (Å²) in [5.41, 5.74) is 3.23. The lowest BCUT2D eigenvalue weighted by atomic mass is 10.0. The van der Waals surface area contributed by atoms with Crippen LogP contribution in [0.3, 0.4) is 0 Å². The molecule has 136 valence electrons. The van der Waals surface area contributed by atoms with Gasteiger partial charge in [0.2, 0.25) is 5.91 Å². The molecule has 0 saturated carbocycles. The van der Waals surface area contributed by atoms with E-state index in [1.165, 1.54) is 16.9 Å². The quantitative estimate of drug-likeness (QED) is 0.593. The number of nitrogens with zero attached hydrogens (tertiary/aromatic N) is 1. The number of carbonyl (C=O) groups excluding carboxylic acids is 1. The first kappa shape index (κ1) is 18.4. The fourth-order valence-electron chi connectivity index (χ4n) is 2.99. The van der Waals surface area contributed by atoms with E-state index in [2.05, 4.69) is 29.4 Å². The van der Waals surface area contributed by atoms with E-state index in [0.717, 1.165) is 34.4 Å². The van der Waals surface area contributed by atoms with E-state index in [0.29, 0.717) is 24.6 Å². The summed E-state index contributed by atoms with van der Waals surface area (Å²) >= 11 is 1.50. The van der Waals surface area contributed by atoms with Crippen LogP contribution in [0.2, 0.25) is 0 Å². The van der Waals surface area contributed by atoms with Crippen molar-refractivity contribution < 1.29 is 9.53 Å². The fourth-order valence-corrected chi connectivity index (χ4v) is 3.87. The summed E-state index contributed by atoms with van der Waals surface area (Å²) in [6, 6.07) is 14.1. The molecule has 2 aromatic carbocycles. The number of fused-ring (bicyclic) bond motifs is 1. The molecule has 0 unspecified atom stereocenters. The molecule has 0 bridgehead atoms. The molecule has 0 atom stereocenters. The number of aryl methyl sites for hydroxylation is 2. The largest absolute Gasteiger partial charge is 0.493 e. The third kappa shape index (κ3) is 4.41. The van der Waals surface area contributed by atoms with Crippen molar-refractivity contribution in [3.05, 3.63) is 53.6 Å². The standard InChI is InChI=1S/C21H24N2O2S/c1-3-8-15-9-7-10-16(20(15)25-4-2)13-14-19(24)23-21-22-17-11-5-6-12-18(17)26-21/h5-7,9-12H,3-4,8,13-14H2,1-2H3,(H,22,23,24). The van der Waals surface area contributed by atoms with Gasteiger partial charge in [-0.2, -0.15) is 0 Å². The van der Waals surface area contributed by atoms with E-state index < -0.39 is 0 Å². The third-order valence-electron chi connectivity index (χ3n) is 4.15. The molecule has 5 heteroatoms. The molecule has 0 saturated heterocycles.